The Balaban J connectivity index is 1.34. The van der Waals surface area contributed by atoms with Crippen molar-refractivity contribution in [3.8, 4) is 11.4 Å². The van der Waals surface area contributed by atoms with Crippen LogP contribution in [0.5, 0.6) is 0 Å². The highest BCUT2D eigenvalue weighted by Gasteiger charge is 2.28. The quantitative estimate of drug-likeness (QED) is 0.515. The van der Waals surface area contributed by atoms with Crippen LogP contribution >= 0.6 is 0 Å². The van der Waals surface area contributed by atoms with Crippen molar-refractivity contribution in [3.63, 3.8) is 0 Å². The van der Waals surface area contributed by atoms with Gasteiger partial charge in [-0.2, -0.15) is 0 Å². The largest absolute Gasteiger partial charge is 0.339 e. The predicted molar refractivity (Wildman–Crippen MR) is 125 cm³/mol. The topological polar surface area (TPSA) is 63.2 Å². The third kappa shape index (κ3) is 5.10. The number of Topliss-reactive ketones (excluding diaryl/α,β-unsaturated/α-hetero) is 1. The van der Waals surface area contributed by atoms with E-state index in [1.807, 2.05) is 42.5 Å². The Bertz CT molecular complexity index is 1050. The number of carbonyl (C=O) groups excluding carboxylic acids is 2. The highest BCUT2D eigenvalue weighted by Crippen LogP contribution is 2.24. The van der Waals surface area contributed by atoms with Crippen molar-refractivity contribution in [3.05, 3.63) is 83.7 Å². The Labute approximate surface area is 189 Å². The average molecular weight is 428 g/mol. The Morgan fingerprint density at radius 1 is 0.906 bits per heavy atom. The van der Waals surface area contributed by atoms with E-state index in [2.05, 4.69) is 35.9 Å². The molecule has 0 N–H and O–H groups in total. The monoisotopic (exact) mass is 427 g/mol. The van der Waals surface area contributed by atoms with Crippen molar-refractivity contribution in [2.75, 3.05) is 13.1 Å². The number of hydrogen-bond donors (Lipinski definition) is 0. The SMILES string of the molecule is CC(C)Cc1ccc(C(=O)C2CCN(C(=O)c3cnc(-c4ccccc4)nc3)CC2)cc1. The van der Waals surface area contributed by atoms with Gasteiger partial charge in [0.1, 0.15) is 0 Å². The van der Waals surface area contributed by atoms with Gasteiger partial charge in [0, 0.05) is 42.5 Å². The number of piperidine rings is 1. The number of nitrogens with zero attached hydrogens (tertiary/aromatic N) is 3. The Morgan fingerprint density at radius 3 is 2.12 bits per heavy atom. The Kier molecular flexibility index (Phi) is 6.74. The smallest absolute Gasteiger partial charge is 0.256 e. The van der Waals surface area contributed by atoms with Gasteiger partial charge >= 0.3 is 0 Å². The van der Waals surface area contributed by atoms with Gasteiger partial charge in [0.2, 0.25) is 0 Å². The van der Waals surface area contributed by atoms with Crippen LogP contribution in [0.4, 0.5) is 0 Å². The summed E-state index contributed by atoms with van der Waals surface area (Å²) in [6, 6.07) is 17.7. The van der Waals surface area contributed by atoms with Gasteiger partial charge in [0.15, 0.2) is 11.6 Å². The van der Waals surface area contributed by atoms with E-state index in [0.29, 0.717) is 43.2 Å². The Hall–Kier alpha value is -3.34. The number of amides is 1. The van der Waals surface area contributed by atoms with E-state index in [9.17, 15) is 9.59 Å². The van der Waals surface area contributed by atoms with Gasteiger partial charge in [-0.25, -0.2) is 9.97 Å². The van der Waals surface area contributed by atoms with Crippen LogP contribution in [0.25, 0.3) is 11.4 Å². The Morgan fingerprint density at radius 2 is 1.53 bits per heavy atom. The molecule has 1 saturated heterocycles. The summed E-state index contributed by atoms with van der Waals surface area (Å²) in [6.07, 6.45) is 5.56. The lowest BCUT2D eigenvalue weighted by Gasteiger charge is -2.31. The van der Waals surface area contributed by atoms with Gasteiger partial charge in [-0.15, -0.1) is 0 Å². The molecule has 0 radical (unpaired) electrons. The summed E-state index contributed by atoms with van der Waals surface area (Å²) in [6.45, 7) is 5.53. The molecule has 0 atom stereocenters. The van der Waals surface area contributed by atoms with Crippen molar-refractivity contribution >= 4 is 11.7 Å². The number of carbonyl (C=O) groups is 2. The van der Waals surface area contributed by atoms with E-state index in [1.54, 1.807) is 17.3 Å². The molecule has 32 heavy (non-hydrogen) atoms. The summed E-state index contributed by atoms with van der Waals surface area (Å²) in [4.78, 5) is 36.3. The van der Waals surface area contributed by atoms with Crippen molar-refractivity contribution < 1.29 is 9.59 Å². The van der Waals surface area contributed by atoms with Crippen molar-refractivity contribution in [2.24, 2.45) is 11.8 Å². The maximum absolute atomic E-state index is 12.9. The number of likely N-dealkylation sites (tertiary alicyclic amines) is 1. The molecule has 0 spiro atoms. The molecule has 3 aromatic rings. The lowest BCUT2D eigenvalue weighted by atomic mass is 9.88. The van der Waals surface area contributed by atoms with Gasteiger partial charge < -0.3 is 4.90 Å². The van der Waals surface area contributed by atoms with E-state index in [-0.39, 0.29) is 17.6 Å². The van der Waals surface area contributed by atoms with Crippen LogP contribution in [0.1, 0.15) is 53.0 Å². The van der Waals surface area contributed by atoms with Crippen LogP contribution < -0.4 is 0 Å². The number of aromatic nitrogens is 2. The van der Waals surface area contributed by atoms with E-state index in [4.69, 9.17) is 0 Å². The van der Waals surface area contributed by atoms with Crippen molar-refractivity contribution in [2.45, 2.75) is 33.1 Å². The summed E-state index contributed by atoms with van der Waals surface area (Å²) < 4.78 is 0. The molecule has 0 aliphatic carbocycles. The zero-order chi connectivity index (χ0) is 22.5. The predicted octanol–water partition coefficient (Wildman–Crippen LogP) is 5.08. The second-order valence-corrected chi connectivity index (χ2v) is 8.89. The van der Waals surface area contributed by atoms with Gasteiger partial charge in [-0.05, 0) is 30.7 Å². The molecular formula is C27H29N3O2. The molecule has 1 fully saturated rings. The standard InChI is InChI=1S/C27H29N3O2/c1-19(2)16-20-8-10-21(11-9-20)25(31)22-12-14-30(15-13-22)27(32)24-17-28-26(29-18-24)23-6-4-3-5-7-23/h3-11,17-19,22H,12-16H2,1-2H3. The minimum Gasteiger partial charge on any atom is -0.339 e. The van der Waals surface area contributed by atoms with E-state index in [0.717, 1.165) is 17.5 Å². The molecule has 1 aromatic heterocycles. The van der Waals surface area contributed by atoms with Crippen LogP contribution in [-0.4, -0.2) is 39.6 Å². The maximum atomic E-state index is 12.9. The molecule has 2 aromatic carbocycles. The second-order valence-electron chi connectivity index (χ2n) is 8.89. The first kappa shape index (κ1) is 21.9. The number of hydrogen-bond acceptors (Lipinski definition) is 4. The number of benzene rings is 2. The van der Waals surface area contributed by atoms with Crippen LogP contribution in [0, 0.1) is 11.8 Å². The van der Waals surface area contributed by atoms with Crippen LogP contribution in [-0.2, 0) is 6.42 Å². The lowest BCUT2D eigenvalue weighted by molar-refractivity contribution is 0.0649. The van der Waals surface area contributed by atoms with Crippen LogP contribution in [0.2, 0.25) is 0 Å². The molecule has 0 bridgehead atoms. The zero-order valence-corrected chi connectivity index (χ0v) is 18.7. The summed E-state index contributed by atoms with van der Waals surface area (Å²) in [5, 5.41) is 0. The highest BCUT2D eigenvalue weighted by molar-refractivity contribution is 5.98. The van der Waals surface area contributed by atoms with Crippen LogP contribution in [0.15, 0.2) is 67.0 Å². The van der Waals surface area contributed by atoms with E-state index < -0.39 is 0 Å². The first-order valence-corrected chi connectivity index (χ1v) is 11.3. The molecule has 1 aliphatic rings. The van der Waals surface area contributed by atoms with Crippen LogP contribution in [0.3, 0.4) is 0 Å². The molecular weight excluding hydrogens is 398 g/mol. The normalized spacial score (nSPS) is 14.5. The van der Waals surface area contributed by atoms with Gasteiger partial charge in [-0.3, -0.25) is 9.59 Å². The highest BCUT2D eigenvalue weighted by atomic mass is 16.2. The lowest BCUT2D eigenvalue weighted by Crippen LogP contribution is -2.40. The van der Waals surface area contributed by atoms with E-state index >= 15 is 0 Å². The molecule has 1 amide bonds. The average Bonchev–Trinajstić information content (AvgIpc) is 2.84. The zero-order valence-electron chi connectivity index (χ0n) is 18.7. The summed E-state index contributed by atoms with van der Waals surface area (Å²) in [5.41, 5.74) is 3.43. The molecule has 0 saturated carbocycles. The fraction of sp³-hybridized carbons (Fsp3) is 0.333. The summed E-state index contributed by atoms with van der Waals surface area (Å²) in [5.74, 6) is 1.27. The first-order chi connectivity index (χ1) is 15.5. The first-order valence-electron chi connectivity index (χ1n) is 11.3. The third-order valence-electron chi connectivity index (χ3n) is 5.97. The van der Waals surface area contributed by atoms with Gasteiger partial charge in [-0.1, -0.05) is 68.4 Å². The molecule has 2 heterocycles. The summed E-state index contributed by atoms with van der Waals surface area (Å²) in [7, 11) is 0. The fourth-order valence-electron chi connectivity index (χ4n) is 4.21. The number of rotatable bonds is 6. The second kappa shape index (κ2) is 9.86. The summed E-state index contributed by atoms with van der Waals surface area (Å²) >= 11 is 0. The molecule has 1 aliphatic heterocycles. The molecule has 5 nitrogen and oxygen atoms in total. The van der Waals surface area contributed by atoms with E-state index in [1.165, 1.54) is 5.56 Å². The third-order valence-corrected chi connectivity index (χ3v) is 5.97. The molecule has 0 unspecified atom stereocenters. The number of ketones is 1. The maximum Gasteiger partial charge on any atom is 0.256 e. The molecule has 164 valence electrons. The fourth-order valence-corrected chi connectivity index (χ4v) is 4.21. The van der Waals surface area contributed by atoms with Crippen molar-refractivity contribution in [1.82, 2.24) is 14.9 Å². The minimum atomic E-state index is -0.0754. The minimum absolute atomic E-state index is 0.0355. The van der Waals surface area contributed by atoms with Gasteiger partial charge in [0.25, 0.3) is 5.91 Å². The molecule has 5 heteroatoms. The van der Waals surface area contributed by atoms with Gasteiger partial charge in [0.05, 0.1) is 5.56 Å². The molecule has 4 rings (SSSR count). The van der Waals surface area contributed by atoms with Crippen molar-refractivity contribution in [1.29, 1.82) is 0 Å².